The van der Waals surface area contributed by atoms with Gasteiger partial charge in [0.25, 0.3) is 5.69 Å². The molecule has 0 amide bonds. The quantitative estimate of drug-likeness (QED) is 0.554. The van der Waals surface area contributed by atoms with Gasteiger partial charge in [0, 0.05) is 17.1 Å². The highest BCUT2D eigenvalue weighted by molar-refractivity contribution is 5.43. The molecule has 0 aliphatic carbocycles. The summed E-state index contributed by atoms with van der Waals surface area (Å²) in [5, 5.41) is 20.7. The van der Waals surface area contributed by atoms with Crippen molar-refractivity contribution in [1.82, 2.24) is 0 Å². The summed E-state index contributed by atoms with van der Waals surface area (Å²) < 4.78 is 4.85. The largest absolute Gasteiger partial charge is 0.496 e. The van der Waals surface area contributed by atoms with E-state index in [9.17, 15) is 20.2 Å². The molecule has 0 fully saturated rings. The van der Waals surface area contributed by atoms with Crippen molar-refractivity contribution >= 4 is 5.69 Å². The van der Waals surface area contributed by atoms with E-state index < -0.39 is 16.4 Å². The van der Waals surface area contributed by atoms with Gasteiger partial charge in [-0.25, -0.2) is 0 Å². The van der Waals surface area contributed by atoms with E-state index in [4.69, 9.17) is 4.74 Å². The van der Waals surface area contributed by atoms with Gasteiger partial charge in [0.1, 0.15) is 5.75 Å². The Morgan fingerprint density at radius 3 is 2.47 bits per heavy atom. The van der Waals surface area contributed by atoms with Crippen molar-refractivity contribution in [3.63, 3.8) is 0 Å². The molecule has 0 unspecified atom stereocenters. The number of hydrogen-bond donors (Lipinski definition) is 0. The van der Waals surface area contributed by atoms with Gasteiger partial charge in [0.15, 0.2) is 0 Å². The van der Waals surface area contributed by atoms with Crippen LogP contribution in [-0.2, 0) is 6.54 Å². The Bertz CT molecular complexity index is 404. The van der Waals surface area contributed by atoms with Crippen molar-refractivity contribution < 1.29 is 14.6 Å². The number of methoxy groups -OCH3 is 1. The second-order valence-electron chi connectivity index (χ2n) is 2.74. The summed E-state index contributed by atoms with van der Waals surface area (Å²) in [5.74, 6) is 0.275. The number of nitro groups is 2. The average Bonchev–Trinajstić information content (AvgIpc) is 2.16. The molecule has 80 valence electrons. The van der Waals surface area contributed by atoms with Crippen LogP contribution in [0.2, 0.25) is 0 Å². The van der Waals surface area contributed by atoms with E-state index in [0.717, 1.165) is 6.07 Å². The standard InChI is InChI=1S/C8H8N2O5/c1-15-8-3-2-7(10(13)14)4-6(8)5-9(11)12/h2-4H,5H2,1H3. The molecular formula is C8H8N2O5. The minimum Gasteiger partial charge on any atom is -0.496 e. The molecule has 0 aliphatic heterocycles. The van der Waals surface area contributed by atoms with Gasteiger partial charge in [-0.2, -0.15) is 0 Å². The van der Waals surface area contributed by atoms with Crippen LogP contribution in [-0.4, -0.2) is 17.0 Å². The normalized spacial score (nSPS) is 9.67. The molecule has 1 aromatic carbocycles. The molecule has 7 nitrogen and oxygen atoms in total. The number of nitrogens with zero attached hydrogens (tertiary/aromatic N) is 2. The maximum absolute atomic E-state index is 10.4. The Morgan fingerprint density at radius 2 is 2.00 bits per heavy atom. The zero-order valence-electron chi connectivity index (χ0n) is 7.87. The molecule has 15 heavy (non-hydrogen) atoms. The fraction of sp³-hybridized carbons (Fsp3) is 0.250. The summed E-state index contributed by atoms with van der Waals surface area (Å²) in [7, 11) is 1.35. The lowest BCUT2D eigenvalue weighted by Gasteiger charge is -2.03. The minimum atomic E-state index is -0.608. The number of rotatable bonds is 4. The molecule has 0 heterocycles. The molecule has 0 aliphatic rings. The summed E-state index contributed by atoms with van der Waals surface area (Å²) in [4.78, 5) is 19.6. The number of ether oxygens (including phenoxy) is 1. The molecule has 0 atom stereocenters. The van der Waals surface area contributed by atoms with Gasteiger partial charge in [0.05, 0.1) is 17.6 Å². The molecule has 0 aromatic heterocycles. The van der Waals surface area contributed by atoms with Gasteiger partial charge in [-0.05, 0) is 6.07 Å². The van der Waals surface area contributed by atoms with Crippen molar-refractivity contribution in [3.8, 4) is 5.75 Å². The molecule has 7 heteroatoms. The molecule has 1 rings (SSSR count). The van der Waals surface area contributed by atoms with Crippen LogP contribution in [0.1, 0.15) is 5.56 Å². The van der Waals surface area contributed by atoms with Crippen LogP contribution in [0.15, 0.2) is 18.2 Å². The van der Waals surface area contributed by atoms with Gasteiger partial charge in [-0.3, -0.25) is 20.2 Å². The van der Waals surface area contributed by atoms with E-state index in [2.05, 4.69) is 0 Å². The Labute approximate surface area is 84.6 Å². The first-order valence-corrected chi connectivity index (χ1v) is 3.97. The van der Waals surface area contributed by atoms with Crippen LogP contribution in [0.3, 0.4) is 0 Å². The van der Waals surface area contributed by atoms with Crippen LogP contribution >= 0.6 is 0 Å². The fourth-order valence-corrected chi connectivity index (χ4v) is 1.14. The van der Waals surface area contributed by atoms with E-state index in [1.807, 2.05) is 0 Å². The third kappa shape index (κ3) is 2.63. The van der Waals surface area contributed by atoms with Gasteiger partial charge in [-0.1, -0.05) is 0 Å². The first kappa shape index (κ1) is 10.9. The monoisotopic (exact) mass is 212 g/mol. The number of hydrogen-bond acceptors (Lipinski definition) is 5. The molecule has 0 bridgehead atoms. The van der Waals surface area contributed by atoms with Crippen LogP contribution in [0.4, 0.5) is 5.69 Å². The Balaban J connectivity index is 3.12. The molecule has 1 aromatic rings. The Hall–Kier alpha value is -2.18. The second kappa shape index (κ2) is 4.36. The van der Waals surface area contributed by atoms with Crippen molar-refractivity contribution in [2.24, 2.45) is 0 Å². The summed E-state index contributed by atoms with van der Waals surface area (Å²) in [6.45, 7) is -0.495. The summed E-state index contributed by atoms with van der Waals surface area (Å²) in [5.41, 5.74) is 0.00403. The third-order valence-corrected chi connectivity index (χ3v) is 1.77. The Morgan fingerprint density at radius 1 is 1.33 bits per heavy atom. The smallest absolute Gasteiger partial charge is 0.270 e. The van der Waals surface area contributed by atoms with Crippen LogP contribution < -0.4 is 4.74 Å². The molecule has 0 N–H and O–H groups in total. The second-order valence-corrected chi connectivity index (χ2v) is 2.74. The summed E-state index contributed by atoms with van der Waals surface area (Å²) >= 11 is 0. The highest BCUT2D eigenvalue weighted by Crippen LogP contribution is 2.24. The molecular weight excluding hydrogens is 204 g/mol. The lowest BCUT2D eigenvalue weighted by atomic mass is 10.2. The van der Waals surface area contributed by atoms with Crippen LogP contribution in [0.5, 0.6) is 5.75 Å². The van der Waals surface area contributed by atoms with Crippen molar-refractivity contribution in [1.29, 1.82) is 0 Å². The van der Waals surface area contributed by atoms with Gasteiger partial charge >= 0.3 is 0 Å². The predicted molar refractivity (Wildman–Crippen MR) is 50.3 cm³/mol. The molecule has 0 radical (unpaired) electrons. The summed E-state index contributed by atoms with van der Waals surface area (Å²) in [6.07, 6.45) is 0. The maximum atomic E-state index is 10.4. The maximum Gasteiger partial charge on any atom is 0.270 e. The van der Waals surface area contributed by atoms with Gasteiger partial charge in [-0.15, -0.1) is 0 Å². The van der Waals surface area contributed by atoms with Crippen LogP contribution in [0.25, 0.3) is 0 Å². The van der Waals surface area contributed by atoms with E-state index in [0.29, 0.717) is 0 Å². The topological polar surface area (TPSA) is 95.5 Å². The van der Waals surface area contributed by atoms with E-state index in [-0.39, 0.29) is 17.0 Å². The van der Waals surface area contributed by atoms with Crippen molar-refractivity contribution in [3.05, 3.63) is 44.0 Å². The van der Waals surface area contributed by atoms with Crippen molar-refractivity contribution in [2.45, 2.75) is 6.54 Å². The fourth-order valence-electron chi connectivity index (χ4n) is 1.14. The lowest BCUT2D eigenvalue weighted by molar-refractivity contribution is -0.497. The minimum absolute atomic E-state index is 0.187. The molecule has 0 spiro atoms. The SMILES string of the molecule is COc1ccc([N+](=O)[O-])cc1C[N+](=O)[O-]. The van der Waals surface area contributed by atoms with Crippen LogP contribution in [0, 0.1) is 20.2 Å². The lowest BCUT2D eigenvalue weighted by Crippen LogP contribution is -2.02. The first-order chi connectivity index (χ1) is 7.04. The van der Waals surface area contributed by atoms with Gasteiger partial charge in [0.2, 0.25) is 6.54 Å². The van der Waals surface area contributed by atoms with Crippen molar-refractivity contribution in [2.75, 3.05) is 7.11 Å². The Kier molecular flexibility index (Phi) is 3.17. The number of nitro benzene ring substituents is 1. The highest BCUT2D eigenvalue weighted by atomic mass is 16.6. The van der Waals surface area contributed by atoms with Gasteiger partial charge < -0.3 is 4.74 Å². The predicted octanol–water partition coefficient (Wildman–Crippen LogP) is 1.38. The highest BCUT2D eigenvalue weighted by Gasteiger charge is 2.14. The van der Waals surface area contributed by atoms with E-state index in [1.165, 1.54) is 19.2 Å². The van der Waals surface area contributed by atoms with E-state index >= 15 is 0 Å². The molecule has 0 saturated heterocycles. The first-order valence-electron chi connectivity index (χ1n) is 3.97. The average molecular weight is 212 g/mol. The number of benzene rings is 1. The zero-order chi connectivity index (χ0) is 11.4. The zero-order valence-corrected chi connectivity index (χ0v) is 7.87. The summed E-state index contributed by atoms with van der Waals surface area (Å²) in [6, 6.07) is 3.72. The molecule has 0 saturated carbocycles. The number of non-ortho nitro benzene ring substituents is 1. The van der Waals surface area contributed by atoms with E-state index in [1.54, 1.807) is 0 Å². The third-order valence-electron chi connectivity index (χ3n) is 1.77.